The Hall–Kier alpha value is -2.81. The third kappa shape index (κ3) is 2.75. The van der Waals surface area contributed by atoms with E-state index in [-0.39, 0.29) is 5.41 Å². The lowest BCUT2D eigenvalue weighted by Gasteiger charge is -2.57. The van der Waals surface area contributed by atoms with Crippen molar-refractivity contribution >= 4 is 16.7 Å². The number of carboxylic acids is 1. The van der Waals surface area contributed by atoms with Crippen molar-refractivity contribution in [1.29, 1.82) is 0 Å². The number of hydrogen-bond donors (Lipinski definition) is 2. The Morgan fingerprint density at radius 3 is 1.97 bits per heavy atom. The maximum atomic E-state index is 11.2. The Morgan fingerprint density at radius 2 is 1.33 bits per heavy atom. The van der Waals surface area contributed by atoms with Crippen LogP contribution in [-0.2, 0) is 5.41 Å². The molecular formula is C27H26O3. The van der Waals surface area contributed by atoms with E-state index in [2.05, 4.69) is 18.2 Å². The molecule has 0 aliphatic heterocycles. The van der Waals surface area contributed by atoms with E-state index in [0.717, 1.165) is 45.2 Å². The third-order valence-electron chi connectivity index (χ3n) is 8.03. The maximum Gasteiger partial charge on any atom is 0.335 e. The minimum absolute atomic E-state index is 0.188. The number of hydrogen-bond acceptors (Lipinski definition) is 2. The van der Waals surface area contributed by atoms with Crippen molar-refractivity contribution in [1.82, 2.24) is 0 Å². The van der Waals surface area contributed by atoms with Crippen LogP contribution in [0.1, 0.15) is 54.4 Å². The van der Waals surface area contributed by atoms with Crippen LogP contribution >= 0.6 is 0 Å². The van der Waals surface area contributed by atoms with E-state index < -0.39 is 5.97 Å². The fourth-order valence-corrected chi connectivity index (χ4v) is 7.16. The van der Waals surface area contributed by atoms with Gasteiger partial charge in [0.1, 0.15) is 5.75 Å². The number of rotatable bonds is 3. The Labute approximate surface area is 176 Å². The van der Waals surface area contributed by atoms with E-state index in [4.69, 9.17) is 0 Å². The van der Waals surface area contributed by atoms with E-state index in [0.29, 0.717) is 11.3 Å². The quantitative estimate of drug-likeness (QED) is 0.538. The molecule has 3 heteroatoms. The number of phenols is 1. The standard InChI is InChI=1S/C27H26O3/c28-25-12-22(20-1-2-21-11-23(26(29)30)4-3-19(21)10-20)5-6-24(25)27-13-16-7-17(14-27)9-18(8-16)15-27/h1-6,10-12,16-18,28H,7-9,13-15H2,(H,29,30). The molecule has 4 aliphatic carbocycles. The van der Waals surface area contributed by atoms with E-state index in [1.807, 2.05) is 24.3 Å². The van der Waals surface area contributed by atoms with E-state index in [1.165, 1.54) is 38.5 Å². The van der Waals surface area contributed by atoms with E-state index >= 15 is 0 Å². The van der Waals surface area contributed by atoms with Crippen LogP contribution in [0.2, 0.25) is 0 Å². The minimum atomic E-state index is -0.911. The van der Waals surface area contributed by atoms with Gasteiger partial charge in [0.15, 0.2) is 0 Å². The topological polar surface area (TPSA) is 57.5 Å². The molecule has 3 nitrogen and oxygen atoms in total. The van der Waals surface area contributed by atoms with Crippen LogP contribution in [0.4, 0.5) is 0 Å². The van der Waals surface area contributed by atoms with Gasteiger partial charge in [-0.15, -0.1) is 0 Å². The van der Waals surface area contributed by atoms with Gasteiger partial charge in [-0.05, 0) is 108 Å². The molecule has 0 aromatic heterocycles. The summed E-state index contributed by atoms with van der Waals surface area (Å²) < 4.78 is 0. The molecule has 0 amide bonds. The van der Waals surface area contributed by atoms with Gasteiger partial charge in [0.25, 0.3) is 0 Å². The SMILES string of the molecule is O=C(O)c1ccc2cc(-c3ccc(C45CC6CC(CC(C6)C4)C5)c(O)c3)ccc2c1. The molecule has 4 fully saturated rings. The molecule has 2 N–H and O–H groups in total. The molecule has 0 radical (unpaired) electrons. The van der Waals surface area contributed by atoms with Crippen molar-refractivity contribution in [2.75, 3.05) is 0 Å². The highest BCUT2D eigenvalue weighted by Crippen LogP contribution is 2.61. The molecule has 4 saturated carbocycles. The van der Waals surface area contributed by atoms with Crippen LogP contribution in [0, 0.1) is 17.8 Å². The molecular weight excluding hydrogens is 372 g/mol. The van der Waals surface area contributed by atoms with Gasteiger partial charge in [0.05, 0.1) is 5.56 Å². The Bertz CT molecular complexity index is 1140. The zero-order chi connectivity index (χ0) is 20.5. The van der Waals surface area contributed by atoms with Crippen molar-refractivity contribution in [3.63, 3.8) is 0 Å². The van der Waals surface area contributed by atoms with Crippen molar-refractivity contribution in [2.45, 2.75) is 43.9 Å². The van der Waals surface area contributed by atoms with Crippen molar-refractivity contribution in [3.05, 3.63) is 65.7 Å². The van der Waals surface area contributed by atoms with Crippen LogP contribution in [-0.4, -0.2) is 16.2 Å². The molecule has 0 heterocycles. The number of phenolic OH excluding ortho intramolecular Hbond substituents is 1. The van der Waals surface area contributed by atoms with Crippen LogP contribution in [0.25, 0.3) is 21.9 Å². The molecule has 0 unspecified atom stereocenters. The van der Waals surface area contributed by atoms with Crippen LogP contribution in [0.5, 0.6) is 5.75 Å². The van der Waals surface area contributed by atoms with Gasteiger partial charge in [0.2, 0.25) is 0 Å². The second-order valence-corrected chi connectivity index (χ2v) is 10.0. The summed E-state index contributed by atoms with van der Waals surface area (Å²) in [5.41, 5.74) is 3.70. The van der Waals surface area contributed by atoms with E-state index in [9.17, 15) is 15.0 Å². The average Bonchev–Trinajstić information content (AvgIpc) is 2.71. The highest BCUT2D eigenvalue weighted by molar-refractivity contribution is 5.95. The maximum absolute atomic E-state index is 11.2. The predicted octanol–water partition coefficient (Wildman–Crippen LogP) is 6.38. The van der Waals surface area contributed by atoms with Crippen molar-refractivity contribution in [3.8, 4) is 16.9 Å². The summed E-state index contributed by atoms with van der Waals surface area (Å²) in [6.07, 6.45) is 7.94. The lowest BCUT2D eigenvalue weighted by molar-refractivity contribution is -0.00612. The number of carbonyl (C=O) groups is 1. The zero-order valence-corrected chi connectivity index (χ0v) is 17.0. The molecule has 3 aromatic carbocycles. The molecule has 0 saturated heterocycles. The number of aromatic carboxylic acids is 1. The summed E-state index contributed by atoms with van der Waals surface area (Å²) >= 11 is 0. The first-order chi connectivity index (χ1) is 14.5. The predicted molar refractivity (Wildman–Crippen MR) is 118 cm³/mol. The zero-order valence-electron chi connectivity index (χ0n) is 17.0. The van der Waals surface area contributed by atoms with Gasteiger partial charge < -0.3 is 10.2 Å². The summed E-state index contributed by atoms with van der Waals surface area (Å²) in [7, 11) is 0. The molecule has 7 rings (SSSR count). The van der Waals surface area contributed by atoms with Crippen molar-refractivity contribution in [2.24, 2.45) is 17.8 Å². The van der Waals surface area contributed by atoms with Crippen molar-refractivity contribution < 1.29 is 15.0 Å². The minimum Gasteiger partial charge on any atom is -0.508 e. The van der Waals surface area contributed by atoms with Gasteiger partial charge in [-0.2, -0.15) is 0 Å². The Balaban J connectivity index is 1.36. The largest absolute Gasteiger partial charge is 0.508 e. The third-order valence-corrected chi connectivity index (χ3v) is 8.03. The molecule has 152 valence electrons. The molecule has 4 bridgehead atoms. The molecule has 0 atom stereocenters. The molecule has 4 aliphatic rings. The van der Waals surface area contributed by atoms with Gasteiger partial charge >= 0.3 is 5.97 Å². The first kappa shape index (κ1) is 18.0. The second-order valence-electron chi connectivity index (χ2n) is 10.0. The van der Waals surface area contributed by atoms with E-state index in [1.54, 1.807) is 12.1 Å². The first-order valence-corrected chi connectivity index (χ1v) is 11.1. The Morgan fingerprint density at radius 1 is 0.767 bits per heavy atom. The fraction of sp³-hybridized carbons (Fsp3) is 0.370. The van der Waals surface area contributed by atoms with Gasteiger partial charge in [-0.1, -0.05) is 30.3 Å². The summed E-state index contributed by atoms with van der Waals surface area (Å²) in [6.45, 7) is 0. The summed E-state index contributed by atoms with van der Waals surface area (Å²) in [5, 5.41) is 22.2. The molecule has 30 heavy (non-hydrogen) atoms. The normalized spacial score (nSPS) is 29.4. The number of benzene rings is 3. The highest BCUT2D eigenvalue weighted by atomic mass is 16.4. The lowest BCUT2D eigenvalue weighted by atomic mass is 9.48. The van der Waals surface area contributed by atoms with Crippen LogP contribution < -0.4 is 0 Å². The second kappa shape index (κ2) is 6.34. The smallest absolute Gasteiger partial charge is 0.335 e. The Kier molecular flexibility index (Phi) is 3.80. The van der Waals surface area contributed by atoms with Gasteiger partial charge in [0, 0.05) is 5.56 Å². The molecule has 3 aromatic rings. The van der Waals surface area contributed by atoms with Crippen LogP contribution in [0.15, 0.2) is 54.6 Å². The van der Waals surface area contributed by atoms with Gasteiger partial charge in [-0.25, -0.2) is 4.79 Å². The number of aromatic hydroxyl groups is 1. The summed E-state index contributed by atoms with van der Waals surface area (Å²) in [6, 6.07) is 17.5. The first-order valence-electron chi connectivity index (χ1n) is 11.1. The summed E-state index contributed by atoms with van der Waals surface area (Å²) in [5.74, 6) is 2.09. The monoisotopic (exact) mass is 398 g/mol. The van der Waals surface area contributed by atoms with Gasteiger partial charge in [-0.3, -0.25) is 0 Å². The highest BCUT2D eigenvalue weighted by Gasteiger charge is 2.52. The number of carboxylic acid groups (broad SMARTS) is 1. The molecule has 0 spiro atoms. The average molecular weight is 399 g/mol. The summed E-state index contributed by atoms with van der Waals surface area (Å²) in [4.78, 5) is 11.2. The van der Waals surface area contributed by atoms with Crippen LogP contribution in [0.3, 0.4) is 0 Å². The number of fused-ring (bicyclic) bond motifs is 1. The fourth-order valence-electron chi connectivity index (χ4n) is 7.16. The lowest BCUT2D eigenvalue weighted by Crippen LogP contribution is -2.48.